The van der Waals surface area contributed by atoms with Gasteiger partial charge in [-0.3, -0.25) is 4.79 Å². The predicted octanol–water partition coefficient (Wildman–Crippen LogP) is 2.32. The first-order valence-corrected chi connectivity index (χ1v) is 7.03. The van der Waals surface area contributed by atoms with Crippen LogP contribution in [0.5, 0.6) is 0 Å². The molecule has 0 atom stereocenters. The maximum absolute atomic E-state index is 12.1. The first-order chi connectivity index (χ1) is 10.1. The molecule has 1 amide bonds. The van der Waals surface area contributed by atoms with Crippen LogP contribution in [0.4, 0.5) is 0 Å². The fourth-order valence-corrected chi connectivity index (χ4v) is 2.22. The van der Waals surface area contributed by atoms with Crippen LogP contribution in [-0.4, -0.2) is 29.5 Å². The predicted molar refractivity (Wildman–Crippen MR) is 78.2 cm³/mol. The average molecular weight is 305 g/mol. The largest absolute Gasteiger partial charge is 0.452 e. The van der Waals surface area contributed by atoms with E-state index in [1.807, 2.05) is 6.07 Å². The molecule has 1 saturated carbocycles. The number of nitrogens with one attached hydrogen (secondary N) is 1. The number of carbonyl (C=O) groups is 2. The molecule has 6 heteroatoms. The molecule has 1 aromatic carbocycles. The summed E-state index contributed by atoms with van der Waals surface area (Å²) in [5.41, 5.74) is 0.921. The van der Waals surface area contributed by atoms with E-state index in [4.69, 9.17) is 16.3 Å². The summed E-state index contributed by atoms with van der Waals surface area (Å²) in [7, 11) is 0. The van der Waals surface area contributed by atoms with Crippen molar-refractivity contribution >= 4 is 34.4 Å². The van der Waals surface area contributed by atoms with E-state index in [0.29, 0.717) is 16.5 Å². The highest BCUT2D eigenvalue weighted by Gasteiger charge is 2.24. The molecule has 3 rings (SSSR count). The number of benzene rings is 1. The molecule has 0 spiro atoms. The fourth-order valence-electron chi connectivity index (χ4n) is 2.02. The third kappa shape index (κ3) is 3.31. The van der Waals surface area contributed by atoms with Crippen LogP contribution < -0.4 is 5.32 Å². The summed E-state index contributed by atoms with van der Waals surface area (Å²) < 4.78 is 5.04. The molecule has 1 N–H and O–H groups in total. The molecule has 0 bridgehead atoms. The summed E-state index contributed by atoms with van der Waals surface area (Å²) in [4.78, 5) is 27.8. The van der Waals surface area contributed by atoms with Crippen molar-refractivity contribution in [2.45, 2.75) is 18.9 Å². The van der Waals surface area contributed by atoms with E-state index in [0.717, 1.165) is 12.8 Å². The van der Waals surface area contributed by atoms with Gasteiger partial charge in [-0.05, 0) is 25.0 Å². The minimum atomic E-state index is -0.582. The van der Waals surface area contributed by atoms with Gasteiger partial charge < -0.3 is 10.1 Å². The molecule has 0 saturated heterocycles. The van der Waals surface area contributed by atoms with Crippen LogP contribution >= 0.6 is 11.6 Å². The van der Waals surface area contributed by atoms with Gasteiger partial charge in [-0.15, -0.1) is 0 Å². The zero-order valence-electron chi connectivity index (χ0n) is 11.1. The molecule has 1 aliphatic rings. The molecule has 1 heterocycles. The van der Waals surface area contributed by atoms with Gasteiger partial charge in [0.15, 0.2) is 6.61 Å². The minimum absolute atomic E-state index is 0.211. The number of hydrogen-bond donors (Lipinski definition) is 1. The Morgan fingerprint density at radius 1 is 1.33 bits per heavy atom. The van der Waals surface area contributed by atoms with Crippen LogP contribution in [0.3, 0.4) is 0 Å². The van der Waals surface area contributed by atoms with Crippen LogP contribution in [0.2, 0.25) is 5.15 Å². The Labute approximate surface area is 126 Å². The number of halogens is 1. The Kier molecular flexibility index (Phi) is 3.75. The zero-order chi connectivity index (χ0) is 14.8. The third-order valence-electron chi connectivity index (χ3n) is 3.18. The van der Waals surface area contributed by atoms with Gasteiger partial charge in [0.2, 0.25) is 0 Å². The number of ether oxygens (including phenoxy) is 1. The summed E-state index contributed by atoms with van der Waals surface area (Å²) in [6, 6.07) is 8.83. The quantitative estimate of drug-likeness (QED) is 0.695. The van der Waals surface area contributed by atoms with Crippen molar-refractivity contribution in [1.82, 2.24) is 10.3 Å². The van der Waals surface area contributed by atoms with E-state index in [1.54, 1.807) is 18.2 Å². The highest BCUT2D eigenvalue weighted by molar-refractivity contribution is 6.30. The smallest absolute Gasteiger partial charge is 0.339 e. The maximum atomic E-state index is 12.1. The minimum Gasteiger partial charge on any atom is -0.452 e. The number of nitrogens with zero attached hydrogens (tertiary/aromatic N) is 1. The summed E-state index contributed by atoms with van der Waals surface area (Å²) in [5, 5.41) is 3.61. The van der Waals surface area contributed by atoms with Crippen molar-refractivity contribution in [2.24, 2.45) is 0 Å². The number of carbonyl (C=O) groups excluding carboxylic acids is 2. The van der Waals surface area contributed by atoms with Gasteiger partial charge in [-0.2, -0.15) is 0 Å². The van der Waals surface area contributed by atoms with E-state index < -0.39 is 5.97 Å². The van der Waals surface area contributed by atoms with Crippen LogP contribution in [0.1, 0.15) is 23.2 Å². The van der Waals surface area contributed by atoms with Crippen molar-refractivity contribution in [3.63, 3.8) is 0 Å². The molecule has 0 aliphatic heterocycles. The second-order valence-corrected chi connectivity index (χ2v) is 5.31. The number of rotatable bonds is 4. The second-order valence-electron chi connectivity index (χ2n) is 4.93. The van der Waals surface area contributed by atoms with E-state index in [1.165, 1.54) is 6.07 Å². The van der Waals surface area contributed by atoms with E-state index in [9.17, 15) is 9.59 Å². The number of fused-ring (bicyclic) bond motifs is 1. The number of pyridine rings is 1. The Hall–Kier alpha value is -2.14. The molecule has 2 aromatic rings. The molecule has 1 aliphatic carbocycles. The van der Waals surface area contributed by atoms with Gasteiger partial charge in [-0.25, -0.2) is 9.78 Å². The van der Waals surface area contributed by atoms with Crippen LogP contribution in [0.15, 0.2) is 30.3 Å². The van der Waals surface area contributed by atoms with Crippen LogP contribution in [0, 0.1) is 0 Å². The standard InChI is InChI=1S/C15H13ClN2O3/c16-13-7-11(10-3-1-2-4-12(10)18-13)15(20)21-8-14(19)17-9-5-6-9/h1-4,7,9H,5-6,8H2,(H,17,19). The highest BCUT2D eigenvalue weighted by Crippen LogP contribution is 2.21. The molecular formula is C15H13ClN2O3. The zero-order valence-corrected chi connectivity index (χ0v) is 11.9. The average Bonchev–Trinajstić information content (AvgIpc) is 3.27. The topological polar surface area (TPSA) is 68.3 Å². The number of aromatic nitrogens is 1. The monoisotopic (exact) mass is 304 g/mol. The van der Waals surface area contributed by atoms with Gasteiger partial charge >= 0.3 is 5.97 Å². The molecule has 0 radical (unpaired) electrons. The molecule has 5 nitrogen and oxygen atoms in total. The molecule has 1 aromatic heterocycles. The fraction of sp³-hybridized carbons (Fsp3) is 0.267. The Balaban J connectivity index is 1.75. The SMILES string of the molecule is O=C(COC(=O)c1cc(Cl)nc2ccccc12)NC1CC1. The second kappa shape index (κ2) is 5.69. The van der Waals surface area contributed by atoms with Gasteiger partial charge in [-0.1, -0.05) is 29.8 Å². The lowest BCUT2D eigenvalue weighted by atomic mass is 10.1. The summed E-state index contributed by atoms with van der Waals surface area (Å²) >= 11 is 5.91. The molecule has 21 heavy (non-hydrogen) atoms. The first-order valence-electron chi connectivity index (χ1n) is 6.65. The Morgan fingerprint density at radius 2 is 2.10 bits per heavy atom. The lowest BCUT2D eigenvalue weighted by Gasteiger charge is -2.08. The molecule has 0 unspecified atom stereocenters. The van der Waals surface area contributed by atoms with Gasteiger partial charge in [0.1, 0.15) is 5.15 Å². The number of hydrogen-bond acceptors (Lipinski definition) is 4. The van der Waals surface area contributed by atoms with Crippen molar-refractivity contribution < 1.29 is 14.3 Å². The van der Waals surface area contributed by atoms with Gasteiger partial charge in [0.05, 0.1) is 11.1 Å². The van der Waals surface area contributed by atoms with Crippen molar-refractivity contribution in [1.29, 1.82) is 0 Å². The van der Waals surface area contributed by atoms with Crippen LogP contribution in [0.25, 0.3) is 10.9 Å². The Morgan fingerprint density at radius 3 is 2.86 bits per heavy atom. The van der Waals surface area contributed by atoms with Crippen molar-refractivity contribution in [2.75, 3.05) is 6.61 Å². The van der Waals surface area contributed by atoms with Gasteiger partial charge in [0, 0.05) is 11.4 Å². The van der Waals surface area contributed by atoms with E-state index in [-0.39, 0.29) is 23.7 Å². The lowest BCUT2D eigenvalue weighted by Crippen LogP contribution is -2.30. The number of para-hydroxylation sites is 1. The lowest BCUT2D eigenvalue weighted by molar-refractivity contribution is -0.124. The van der Waals surface area contributed by atoms with Gasteiger partial charge in [0.25, 0.3) is 5.91 Å². The van der Waals surface area contributed by atoms with E-state index >= 15 is 0 Å². The summed E-state index contributed by atoms with van der Waals surface area (Å²) in [6.45, 7) is -0.288. The van der Waals surface area contributed by atoms with Crippen LogP contribution in [-0.2, 0) is 9.53 Å². The first kappa shape index (κ1) is 13.8. The maximum Gasteiger partial charge on any atom is 0.339 e. The normalized spacial score (nSPS) is 14.0. The number of amides is 1. The third-order valence-corrected chi connectivity index (χ3v) is 3.38. The molecule has 108 valence electrons. The molecule has 1 fully saturated rings. The van der Waals surface area contributed by atoms with E-state index in [2.05, 4.69) is 10.3 Å². The molecular weight excluding hydrogens is 292 g/mol. The Bertz CT molecular complexity index is 713. The number of esters is 1. The highest BCUT2D eigenvalue weighted by atomic mass is 35.5. The van der Waals surface area contributed by atoms with Crippen molar-refractivity contribution in [3.8, 4) is 0 Å². The summed E-state index contributed by atoms with van der Waals surface area (Å²) in [5.74, 6) is -0.864. The summed E-state index contributed by atoms with van der Waals surface area (Å²) in [6.07, 6.45) is 1.98. The van der Waals surface area contributed by atoms with Crippen molar-refractivity contribution in [3.05, 3.63) is 41.0 Å².